The predicted molar refractivity (Wildman–Crippen MR) is 66.5 cm³/mol. The van der Waals surface area contributed by atoms with Crippen LogP contribution < -0.4 is 0 Å². The van der Waals surface area contributed by atoms with E-state index in [2.05, 4.69) is 0 Å². The lowest BCUT2D eigenvalue weighted by Crippen LogP contribution is -2.51. The number of thiophene rings is 1. The molecule has 1 saturated heterocycles. The Morgan fingerprint density at radius 3 is 2.82 bits per heavy atom. The van der Waals surface area contributed by atoms with Crippen molar-refractivity contribution in [3.63, 3.8) is 0 Å². The molecule has 0 saturated carbocycles. The summed E-state index contributed by atoms with van der Waals surface area (Å²) in [5, 5.41) is 12.2. The van der Waals surface area contributed by atoms with E-state index in [-0.39, 0.29) is 12.4 Å². The number of carbonyl (C=O) groups excluding carboxylic acids is 1. The lowest BCUT2D eigenvalue weighted by molar-refractivity contribution is -0.109. The maximum Gasteiger partial charge on any atom is 0.177 e. The summed E-state index contributed by atoms with van der Waals surface area (Å²) in [7, 11) is 0. The van der Waals surface area contributed by atoms with E-state index in [1.165, 1.54) is 0 Å². The zero-order valence-electron chi connectivity index (χ0n) is 9.18. The molecule has 1 aliphatic rings. The number of ketones is 1. The monoisotopic (exact) mass is 248 g/mol. The Kier molecular flexibility index (Phi) is 2.50. The van der Waals surface area contributed by atoms with Crippen LogP contribution in [-0.4, -0.2) is 30.7 Å². The van der Waals surface area contributed by atoms with E-state index in [0.717, 1.165) is 10.1 Å². The number of hydrogen-bond acceptors (Lipinski definition) is 4. The Labute approximate surface area is 103 Å². The number of Topliss-reactive ketones (excluding diaryl/α,β-unsaturated/α-hetero) is 1. The van der Waals surface area contributed by atoms with Crippen LogP contribution >= 0.6 is 11.3 Å². The zero-order chi connectivity index (χ0) is 11.9. The molecule has 0 amide bonds. The minimum absolute atomic E-state index is 0.00343. The summed E-state index contributed by atoms with van der Waals surface area (Å²) >= 11 is 1.56. The first kappa shape index (κ1) is 10.9. The fourth-order valence-corrected chi connectivity index (χ4v) is 3.02. The topological polar surface area (TPSA) is 46.5 Å². The first-order chi connectivity index (χ1) is 8.27. The van der Waals surface area contributed by atoms with Crippen molar-refractivity contribution in [1.82, 2.24) is 0 Å². The highest BCUT2D eigenvalue weighted by atomic mass is 32.1. The lowest BCUT2D eigenvalue weighted by atomic mass is 9.79. The third-order valence-corrected chi connectivity index (χ3v) is 4.23. The average Bonchev–Trinajstić information content (AvgIpc) is 2.71. The van der Waals surface area contributed by atoms with E-state index in [4.69, 9.17) is 4.74 Å². The van der Waals surface area contributed by atoms with Gasteiger partial charge in [0.05, 0.1) is 19.8 Å². The molecule has 1 aromatic carbocycles. The third-order valence-electron chi connectivity index (χ3n) is 3.27. The Bertz CT molecular complexity index is 563. The first-order valence-electron chi connectivity index (χ1n) is 5.46. The second kappa shape index (κ2) is 3.91. The van der Waals surface area contributed by atoms with Crippen LogP contribution in [0.2, 0.25) is 0 Å². The Morgan fingerprint density at radius 2 is 2.18 bits per heavy atom. The van der Waals surface area contributed by atoms with Gasteiger partial charge in [-0.1, -0.05) is 18.2 Å². The maximum atomic E-state index is 12.4. The van der Waals surface area contributed by atoms with Gasteiger partial charge in [-0.25, -0.2) is 0 Å². The quantitative estimate of drug-likeness (QED) is 0.846. The Balaban J connectivity index is 2.07. The fourth-order valence-electron chi connectivity index (χ4n) is 2.08. The van der Waals surface area contributed by atoms with Crippen LogP contribution in [0.3, 0.4) is 0 Å². The van der Waals surface area contributed by atoms with Crippen LogP contribution in [0.15, 0.2) is 29.6 Å². The van der Waals surface area contributed by atoms with Crippen molar-refractivity contribution in [3.05, 3.63) is 35.2 Å². The number of fused-ring (bicyclic) bond motifs is 1. The Morgan fingerprint density at radius 1 is 1.41 bits per heavy atom. The molecular formula is C13H12O3S. The smallest absolute Gasteiger partial charge is 0.177 e. The SMILES string of the molecule is O=C(c1csc2ccccc12)C1(CO)COC1. The maximum absolute atomic E-state index is 12.4. The average molecular weight is 248 g/mol. The summed E-state index contributed by atoms with van der Waals surface area (Å²) in [6.07, 6.45) is 0. The molecular weight excluding hydrogens is 236 g/mol. The van der Waals surface area contributed by atoms with Gasteiger partial charge in [0.15, 0.2) is 5.78 Å². The summed E-state index contributed by atoms with van der Waals surface area (Å²) in [4.78, 5) is 12.4. The fraction of sp³-hybridized carbons (Fsp3) is 0.308. The molecule has 2 heterocycles. The Hall–Kier alpha value is -1.23. The summed E-state index contributed by atoms with van der Waals surface area (Å²) < 4.78 is 6.18. The van der Waals surface area contributed by atoms with Crippen LogP contribution in [0.4, 0.5) is 0 Å². The molecule has 3 nitrogen and oxygen atoms in total. The summed E-state index contributed by atoms with van der Waals surface area (Å²) in [6.45, 7) is 0.509. The number of aliphatic hydroxyl groups is 1. The molecule has 0 unspecified atom stereocenters. The van der Waals surface area contributed by atoms with Gasteiger partial charge in [0.2, 0.25) is 0 Å². The largest absolute Gasteiger partial charge is 0.395 e. The molecule has 0 bridgehead atoms. The van der Waals surface area contributed by atoms with Crippen LogP contribution in [0, 0.1) is 5.41 Å². The van der Waals surface area contributed by atoms with Gasteiger partial charge < -0.3 is 9.84 Å². The molecule has 4 heteroatoms. The van der Waals surface area contributed by atoms with E-state index in [9.17, 15) is 9.90 Å². The van der Waals surface area contributed by atoms with Crippen molar-refractivity contribution in [2.45, 2.75) is 0 Å². The molecule has 1 aliphatic heterocycles. The highest BCUT2D eigenvalue weighted by molar-refractivity contribution is 7.17. The molecule has 0 radical (unpaired) electrons. The predicted octanol–water partition coefficient (Wildman–Crippen LogP) is 2.09. The van der Waals surface area contributed by atoms with Crippen molar-refractivity contribution in [2.24, 2.45) is 5.41 Å². The molecule has 1 aromatic heterocycles. The van der Waals surface area contributed by atoms with E-state index in [1.807, 2.05) is 29.6 Å². The molecule has 88 valence electrons. The van der Waals surface area contributed by atoms with E-state index >= 15 is 0 Å². The third kappa shape index (κ3) is 1.52. The summed E-state index contributed by atoms with van der Waals surface area (Å²) in [6, 6.07) is 7.83. The van der Waals surface area contributed by atoms with E-state index in [0.29, 0.717) is 18.8 Å². The zero-order valence-corrected chi connectivity index (χ0v) is 10.00. The van der Waals surface area contributed by atoms with E-state index in [1.54, 1.807) is 11.3 Å². The number of benzene rings is 1. The van der Waals surface area contributed by atoms with Gasteiger partial charge in [-0.2, -0.15) is 0 Å². The second-order valence-corrected chi connectivity index (χ2v) is 5.32. The van der Waals surface area contributed by atoms with Gasteiger partial charge in [0.1, 0.15) is 5.41 Å². The summed E-state index contributed by atoms with van der Waals surface area (Å²) in [5.74, 6) is 0.00343. The number of hydrogen-bond donors (Lipinski definition) is 1. The van der Waals surface area contributed by atoms with Crippen molar-refractivity contribution in [1.29, 1.82) is 0 Å². The number of ether oxygens (including phenoxy) is 1. The van der Waals surface area contributed by atoms with Crippen LogP contribution in [0.5, 0.6) is 0 Å². The van der Waals surface area contributed by atoms with Gasteiger partial charge in [-0.15, -0.1) is 11.3 Å². The second-order valence-electron chi connectivity index (χ2n) is 4.41. The van der Waals surface area contributed by atoms with Gasteiger partial charge in [0.25, 0.3) is 0 Å². The summed E-state index contributed by atoms with van der Waals surface area (Å²) in [5.41, 5.74) is 0.00655. The van der Waals surface area contributed by atoms with Gasteiger partial charge >= 0.3 is 0 Å². The minimum atomic E-state index is -0.705. The van der Waals surface area contributed by atoms with Crippen molar-refractivity contribution < 1.29 is 14.6 Å². The number of aliphatic hydroxyl groups excluding tert-OH is 1. The normalized spacial score (nSPS) is 17.9. The van der Waals surface area contributed by atoms with Crippen molar-refractivity contribution in [2.75, 3.05) is 19.8 Å². The number of carbonyl (C=O) groups is 1. The van der Waals surface area contributed by atoms with Gasteiger partial charge in [0, 0.05) is 21.0 Å². The molecule has 17 heavy (non-hydrogen) atoms. The van der Waals surface area contributed by atoms with Crippen LogP contribution in [0.1, 0.15) is 10.4 Å². The number of rotatable bonds is 3. The highest BCUT2D eigenvalue weighted by Gasteiger charge is 2.46. The highest BCUT2D eigenvalue weighted by Crippen LogP contribution is 2.35. The van der Waals surface area contributed by atoms with Gasteiger partial charge in [-0.3, -0.25) is 4.79 Å². The minimum Gasteiger partial charge on any atom is -0.395 e. The molecule has 1 N–H and O–H groups in total. The van der Waals surface area contributed by atoms with Crippen molar-refractivity contribution >= 4 is 27.2 Å². The van der Waals surface area contributed by atoms with Crippen LogP contribution in [-0.2, 0) is 4.74 Å². The lowest BCUT2D eigenvalue weighted by Gasteiger charge is -2.38. The van der Waals surface area contributed by atoms with Crippen molar-refractivity contribution in [3.8, 4) is 0 Å². The standard InChI is InChI=1S/C13H12O3S/c14-6-13(7-16-8-13)12(15)10-5-17-11-4-2-1-3-9(10)11/h1-5,14H,6-8H2. The molecule has 2 aromatic rings. The van der Waals surface area contributed by atoms with Gasteiger partial charge in [-0.05, 0) is 6.07 Å². The molecule has 0 spiro atoms. The molecule has 1 fully saturated rings. The first-order valence-corrected chi connectivity index (χ1v) is 6.34. The van der Waals surface area contributed by atoms with Crippen LogP contribution in [0.25, 0.3) is 10.1 Å². The molecule has 3 rings (SSSR count). The molecule has 0 atom stereocenters. The molecule has 0 aliphatic carbocycles. The van der Waals surface area contributed by atoms with E-state index < -0.39 is 5.41 Å².